The Balaban J connectivity index is 1.98. The van der Waals surface area contributed by atoms with E-state index in [0.717, 1.165) is 21.9 Å². The summed E-state index contributed by atoms with van der Waals surface area (Å²) in [5.41, 5.74) is 0.0288. The highest BCUT2D eigenvalue weighted by molar-refractivity contribution is 6.23. The zero-order valence-electron chi connectivity index (χ0n) is 11.1. The smallest absolute Gasteiger partial charge is 0.262 e. The van der Waals surface area contributed by atoms with E-state index in [1.54, 1.807) is 0 Å². The van der Waals surface area contributed by atoms with E-state index in [1.165, 1.54) is 13.1 Å². The van der Waals surface area contributed by atoms with Gasteiger partial charge in [0.05, 0.1) is 11.1 Å². The number of rotatable bonds is 1. The second kappa shape index (κ2) is 4.47. The van der Waals surface area contributed by atoms with Gasteiger partial charge in [-0.05, 0) is 24.6 Å². The molecule has 1 saturated heterocycles. The quantitative estimate of drug-likeness (QED) is 0.709. The molecule has 1 aromatic rings. The Morgan fingerprint density at radius 1 is 1.10 bits per heavy atom. The maximum Gasteiger partial charge on any atom is 0.262 e. The highest BCUT2D eigenvalue weighted by Crippen LogP contribution is 2.29. The van der Waals surface area contributed by atoms with Gasteiger partial charge in [0, 0.05) is 13.5 Å². The predicted molar refractivity (Wildman–Crippen MR) is 67.7 cm³/mol. The first-order valence-electron chi connectivity index (χ1n) is 6.39. The van der Waals surface area contributed by atoms with Crippen molar-refractivity contribution in [2.75, 3.05) is 7.05 Å². The molecule has 108 valence electrons. The van der Waals surface area contributed by atoms with Gasteiger partial charge in [-0.2, -0.15) is 0 Å². The molecule has 0 aliphatic carbocycles. The van der Waals surface area contributed by atoms with Crippen molar-refractivity contribution in [3.8, 4) is 0 Å². The number of hydrogen-bond acceptors (Lipinski definition) is 4. The van der Waals surface area contributed by atoms with Gasteiger partial charge in [0.25, 0.3) is 17.7 Å². The van der Waals surface area contributed by atoms with Crippen molar-refractivity contribution in [3.05, 3.63) is 35.1 Å². The van der Waals surface area contributed by atoms with E-state index >= 15 is 0 Å². The van der Waals surface area contributed by atoms with Crippen LogP contribution in [0.2, 0.25) is 0 Å². The average molecular weight is 290 g/mol. The molecule has 1 unspecified atom stereocenters. The van der Waals surface area contributed by atoms with Crippen molar-refractivity contribution in [2.24, 2.45) is 0 Å². The summed E-state index contributed by atoms with van der Waals surface area (Å²) in [4.78, 5) is 49.9. The first-order chi connectivity index (χ1) is 9.91. The summed E-state index contributed by atoms with van der Waals surface area (Å²) in [6, 6.07) is 2.29. The second-order valence-corrected chi connectivity index (χ2v) is 5.02. The van der Waals surface area contributed by atoms with Crippen molar-refractivity contribution >= 4 is 23.6 Å². The van der Waals surface area contributed by atoms with Gasteiger partial charge in [-0.25, -0.2) is 4.39 Å². The van der Waals surface area contributed by atoms with Crippen LogP contribution in [0.15, 0.2) is 18.2 Å². The molecule has 0 saturated carbocycles. The minimum Gasteiger partial charge on any atom is -0.284 e. The normalized spacial score (nSPS) is 22.1. The van der Waals surface area contributed by atoms with Gasteiger partial charge in [-0.3, -0.25) is 29.0 Å². The number of nitrogens with zero attached hydrogens (tertiary/aromatic N) is 2. The summed E-state index contributed by atoms with van der Waals surface area (Å²) < 4.78 is 13.2. The Labute approximate surface area is 119 Å². The first kappa shape index (κ1) is 13.4. The molecule has 0 spiro atoms. The van der Waals surface area contributed by atoms with E-state index in [1.807, 2.05) is 0 Å². The van der Waals surface area contributed by atoms with Crippen LogP contribution in [-0.4, -0.2) is 46.5 Å². The molecule has 4 amide bonds. The molecule has 2 aliphatic rings. The van der Waals surface area contributed by atoms with Crippen LogP contribution in [0, 0.1) is 5.82 Å². The van der Waals surface area contributed by atoms with Gasteiger partial charge in [-0.15, -0.1) is 0 Å². The fraction of sp³-hybridized carbons (Fsp3) is 0.286. The van der Waals surface area contributed by atoms with Crippen LogP contribution in [-0.2, 0) is 9.59 Å². The van der Waals surface area contributed by atoms with Crippen LogP contribution in [0.3, 0.4) is 0 Å². The molecule has 0 radical (unpaired) electrons. The van der Waals surface area contributed by atoms with Crippen molar-refractivity contribution in [1.29, 1.82) is 0 Å². The van der Waals surface area contributed by atoms with Crippen LogP contribution in [0.4, 0.5) is 4.39 Å². The lowest BCUT2D eigenvalue weighted by molar-refractivity contribution is -0.149. The number of carbonyl (C=O) groups excluding carboxylic acids is 4. The number of benzene rings is 1. The number of imide groups is 2. The number of amides is 4. The molecule has 2 heterocycles. The van der Waals surface area contributed by atoms with E-state index in [4.69, 9.17) is 0 Å². The Kier molecular flexibility index (Phi) is 2.86. The van der Waals surface area contributed by atoms with E-state index in [9.17, 15) is 23.6 Å². The summed E-state index contributed by atoms with van der Waals surface area (Å²) in [6.45, 7) is 0. The Bertz CT molecular complexity index is 700. The third-order valence-electron chi connectivity index (χ3n) is 3.81. The average Bonchev–Trinajstić information content (AvgIpc) is 2.69. The van der Waals surface area contributed by atoms with Gasteiger partial charge in [0.2, 0.25) is 5.91 Å². The van der Waals surface area contributed by atoms with Crippen LogP contribution >= 0.6 is 0 Å². The van der Waals surface area contributed by atoms with Crippen molar-refractivity contribution in [3.63, 3.8) is 0 Å². The first-order valence-corrected chi connectivity index (χ1v) is 6.39. The maximum atomic E-state index is 13.2. The molecule has 0 N–H and O–H groups in total. The Hall–Kier alpha value is -2.57. The zero-order valence-corrected chi connectivity index (χ0v) is 11.1. The van der Waals surface area contributed by atoms with Crippen molar-refractivity contribution in [1.82, 2.24) is 9.80 Å². The molecule has 1 aromatic carbocycles. The van der Waals surface area contributed by atoms with Gasteiger partial charge < -0.3 is 0 Å². The summed E-state index contributed by atoms with van der Waals surface area (Å²) in [6.07, 6.45) is 0.171. The third kappa shape index (κ3) is 1.84. The van der Waals surface area contributed by atoms with E-state index in [0.29, 0.717) is 0 Å². The highest BCUT2D eigenvalue weighted by Gasteiger charge is 2.46. The van der Waals surface area contributed by atoms with E-state index in [2.05, 4.69) is 0 Å². The lowest BCUT2D eigenvalue weighted by Crippen LogP contribution is -2.54. The lowest BCUT2D eigenvalue weighted by atomic mass is 10.0. The summed E-state index contributed by atoms with van der Waals surface area (Å²) in [5, 5.41) is 0. The largest absolute Gasteiger partial charge is 0.284 e. The number of carbonyl (C=O) groups is 4. The number of fused-ring (bicyclic) bond motifs is 1. The molecule has 2 aliphatic heterocycles. The highest BCUT2D eigenvalue weighted by atomic mass is 19.1. The Morgan fingerprint density at radius 3 is 2.48 bits per heavy atom. The van der Waals surface area contributed by atoms with Crippen LogP contribution in [0.1, 0.15) is 33.6 Å². The van der Waals surface area contributed by atoms with Gasteiger partial charge in [-0.1, -0.05) is 0 Å². The molecule has 21 heavy (non-hydrogen) atoms. The number of likely N-dealkylation sites (N-methyl/N-ethyl adjacent to an activating group) is 1. The molecule has 0 aromatic heterocycles. The van der Waals surface area contributed by atoms with Crippen molar-refractivity contribution < 1.29 is 23.6 Å². The lowest BCUT2D eigenvalue weighted by Gasteiger charge is -2.32. The molecule has 3 rings (SSSR count). The number of halogens is 1. The molecule has 1 fully saturated rings. The van der Waals surface area contributed by atoms with Gasteiger partial charge >= 0.3 is 0 Å². The second-order valence-electron chi connectivity index (χ2n) is 5.02. The molecular weight excluding hydrogens is 279 g/mol. The van der Waals surface area contributed by atoms with Gasteiger partial charge in [0.1, 0.15) is 11.9 Å². The molecule has 0 bridgehead atoms. The molecular formula is C14H11FN2O4. The zero-order chi connectivity index (χ0) is 15.3. The fourth-order valence-corrected chi connectivity index (χ4v) is 2.65. The van der Waals surface area contributed by atoms with Gasteiger partial charge in [0.15, 0.2) is 0 Å². The number of hydrogen-bond donors (Lipinski definition) is 0. The minimum absolute atomic E-state index is 0.0487. The molecule has 7 heteroatoms. The van der Waals surface area contributed by atoms with Crippen LogP contribution < -0.4 is 0 Å². The standard InChI is InChI=1S/C14H11FN2O4/c1-16-11(18)5-4-10(14(16)21)17-12(19)8-3-2-7(15)6-9(8)13(17)20/h2-3,6,10H,4-5H2,1H3. The monoisotopic (exact) mass is 290 g/mol. The summed E-state index contributed by atoms with van der Waals surface area (Å²) >= 11 is 0. The van der Waals surface area contributed by atoms with Crippen LogP contribution in [0.5, 0.6) is 0 Å². The summed E-state index contributed by atoms with van der Waals surface area (Å²) in [7, 11) is 1.31. The Morgan fingerprint density at radius 2 is 1.76 bits per heavy atom. The fourth-order valence-electron chi connectivity index (χ4n) is 2.65. The topological polar surface area (TPSA) is 74.8 Å². The van der Waals surface area contributed by atoms with Crippen LogP contribution in [0.25, 0.3) is 0 Å². The third-order valence-corrected chi connectivity index (χ3v) is 3.81. The SMILES string of the molecule is CN1C(=O)CCC(N2C(=O)c3ccc(F)cc3C2=O)C1=O. The minimum atomic E-state index is -1.01. The number of likely N-dealkylation sites (tertiary alicyclic amines) is 1. The summed E-state index contributed by atoms with van der Waals surface area (Å²) in [5.74, 6) is -2.90. The molecule has 1 atom stereocenters. The maximum absolute atomic E-state index is 13.2. The van der Waals surface area contributed by atoms with Crippen molar-refractivity contribution in [2.45, 2.75) is 18.9 Å². The number of piperidine rings is 1. The predicted octanol–water partition coefficient (Wildman–Crippen LogP) is 0.569. The van der Waals surface area contributed by atoms with E-state index < -0.39 is 29.6 Å². The van der Waals surface area contributed by atoms with E-state index in [-0.39, 0.29) is 29.9 Å². The molecule has 6 nitrogen and oxygen atoms in total.